The number of hydrogen-bond acceptors (Lipinski definition) is 5. The second kappa shape index (κ2) is 8.38. The Labute approximate surface area is 158 Å². The minimum atomic E-state index is 0.0697. The Morgan fingerprint density at radius 2 is 1.88 bits per heavy atom. The summed E-state index contributed by atoms with van der Waals surface area (Å²) in [5, 5.41) is 1.89. The summed E-state index contributed by atoms with van der Waals surface area (Å²) >= 11 is 6.68. The van der Waals surface area contributed by atoms with E-state index in [9.17, 15) is 9.59 Å². The highest BCUT2D eigenvalue weighted by atomic mass is 79.9. The fraction of sp³-hybridized carbons (Fsp3) is 0.412. The van der Waals surface area contributed by atoms with E-state index in [2.05, 4.69) is 33.0 Å². The number of hydrogen-bond donors (Lipinski definition) is 0. The van der Waals surface area contributed by atoms with E-state index in [1.54, 1.807) is 11.3 Å². The minimum Gasteiger partial charge on any atom is -0.340 e. The van der Waals surface area contributed by atoms with Crippen LogP contribution in [0.2, 0.25) is 0 Å². The molecule has 0 atom stereocenters. The molecule has 1 amide bonds. The van der Waals surface area contributed by atoms with Crippen LogP contribution < -0.4 is 0 Å². The molecule has 0 saturated carbocycles. The van der Waals surface area contributed by atoms with Crippen LogP contribution in [-0.4, -0.2) is 47.7 Å². The standard InChI is InChI=1S/C17H19BrN2O2S2/c18-16-5-3-13(24-16)12-19-7-9-20(10-8-19)17(22)6-4-14(21)15-2-1-11-23-15/h1-3,5,11H,4,6-10,12H2. The Kier molecular flexibility index (Phi) is 6.21. The van der Waals surface area contributed by atoms with Gasteiger partial charge in [-0.3, -0.25) is 14.5 Å². The van der Waals surface area contributed by atoms with Gasteiger partial charge in [-0.1, -0.05) is 6.07 Å². The van der Waals surface area contributed by atoms with Crippen molar-refractivity contribution in [1.82, 2.24) is 9.80 Å². The molecule has 3 heterocycles. The van der Waals surface area contributed by atoms with E-state index in [1.165, 1.54) is 16.2 Å². The van der Waals surface area contributed by atoms with Gasteiger partial charge in [0.1, 0.15) is 0 Å². The van der Waals surface area contributed by atoms with Crippen molar-refractivity contribution >= 4 is 50.3 Å². The van der Waals surface area contributed by atoms with Crippen LogP contribution in [0.25, 0.3) is 0 Å². The van der Waals surface area contributed by atoms with Gasteiger partial charge >= 0.3 is 0 Å². The van der Waals surface area contributed by atoms with Gasteiger partial charge in [0.05, 0.1) is 8.66 Å². The number of halogens is 1. The average molecular weight is 427 g/mol. The number of carbonyl (C=O) groups excluding carboxylic acids is 2. The van der Waals surface area contributed by atoms with E-state index in [4.69, 9.17) is 0 Å². The molecule has 0 N–H and O–H groups in total. The quantitative estimate of drug-likeness (QED) is 0.657. The van der Waals surface area contributed by atoms with Crippen molar-refractivity contribution in [1.29, 1.82) is 0 Å². The maximum absolute atomic E-state index is 12.3. The zero-order valence-electron chi connectivity index (χ0n) is 13.2. The fourth-order valence-corrected chi connectivity index (χ4v) is 4.97. The number of nitrogens with zero attached hydrogens (tertiary/aromatic N) is 2. The third-order valence-corrected chi connectivity index (χ3v) is 6.61. The van der Waals surface area contributed by atoms with Crippen LogP contribution >= 0.6 is 38.6 Å². The minimum absolute atomic E-state index is 0.0697. The fourth-order valence-electron chi connectivity index (χ4n) is 2.75. The van der Waals surface area contributed by atoms with Crippen LogP contribution in [-0.2, 0) is 11.3 Å². The van der Waals surface area contributed by atoms with Gasteiger partial charge in [-0.05, 0) is 39.5 Å². The SMILES string of the molecule is O=C(CCC(=O)N1CCN(Cc2ccc(Br)s2)CC1)c1cccs1. The van der Waals surface area contributed by atoms with Gasteiger partial charge in [0, 0.05) is 50.4 Å². The Morgan fingerprint density at radius 1 is 1.08 bits per heavy atom. The van der Waals surface area contributed by atoms with Crippen molar-refractivity contribution in [2.45, 2.75) is 19.4 Å². The molecular formula is C17H19BrN2O2S2. The Balaban J connectivity index is 1.41. The van der Waals surface area contributed by atoms with Crippen LogP contribution in [0, 0.1) is 0 Å². The van der Waals surface area contributed by atoms with Crippen molar-refractivity contribution in [2.24, 2.45) is 0 Å². The first-order valence-electron chi connectivity index (χ1n) is 7.93. The molecule has 1 aliphatic rings. The van der Waals surface area contributed by atoms with E-state index >= 15 is 0 Å². The molecule has 0 aromatic carbocycles. The summed E-state index contributed by atoms with van der Waals surface area (Å²) in [5.74, 6) is 0.165. The van der Waals surface area contributed by atoms with E-state index in [1.807, 2.05) is 22.4 Å². The Morgan fingerprint density at radius 3 is 2.50 bits per heavy atom. The van der Waals surface area contributed by atoms with Gasteiger partial charge in [0.25, 0.3) is 0 Å². The molecule has 1 fully saturated rings. The molecule has 128 valence electrons. The predicted molar refractivity (Wildman–Crippen MR) is 102 cm³/mol. The number of piperazine rings is 1. The molecule has 24 heavy (non-hydrogen) atoms. The van der Waals surface area contributed by atoms with E-state index < -0.39 is 0 Å². The van der Waals surface area contributed by atoms with Crippen LogP contribution in [0.1, 0.15) is 27.4 Å². The van der Waals surface area contributed by atoms with E-state index in [0.717, 1.165) is 41.4 Å². The van der Waals surface area contributed by atoms with Crippen LogP contribution in [0.5, 0.6) is 0 Å². The molecule has 7 heteroatoms. The number of Topliss-reactive ketones (excluding diaryl/α,β-unsaturated/α-hetero) is 1. The number of thiophene rings is 2. The Hall–Kier alpha value is -1.02. The first kappa shape index (κ1) is 17.8. The summed E-state index contributed by atoms with van der Waals surface area (Å²) in [7, 11) is 0. The second-order valence-corrected chi connectivity index (χ2v) is 9.26. The molecule has 0 unspecified atom stereocenters. The van der Waals surface area contributed by atoms with E-state index in [0.29, 0.717) is 12.8 Å². The summed E-state index contributed by atoms with van der Waals surface area (Å²) < 4.78 is 1.15. The predicted octanol–water partition coefficient (Wildman–Crippen LogP) is 3.88. The van der Waals surface area contributed by atoms with Gasteiger partial charge in [-0.15, -0.1) is 22.7 Å². The number of amides is 1. The highest BCUT2D eigenvalue weighted by molar-refractivity contribution is 9.11. The number of rotatable bonds is 6. The Bertz CT molecular complexity index is 691. The van der Waals surface area contributed by atoms with Gasteiger partial charge in [-0.2, -0.15) is 0 Å². The van der Waals surface area contributed by atoms with Crippen LogP contribution in [0.15, 0.2) is 33.4 Å². The largest absolute Gasteiger partial charge is 0.340 e. The zero-order chi connectivity index (χ0) is 16.9. The summed E-state index contributed by atoms with van der Waals surface area (Å²) in [6, 6.07) is 7.90. The molecule has 3 rings (SSSR count). The molecule has 0 radical (unpaired) electrons. The lowest BCUT2D eigenvalue weighted by molar-refractivity contribution is -0.132. The lowest BCUT2D eigenvalue weighted by Gasteiger charge is -2.34. The normalized spacial score (nSPS) is 15.6. The molecule has 0 aliphatic carbocycles. The summed E-state index contributed by atoms with van der Waals surface area (Å²) in [6.45, 7) is 4.21. The first-order valence-corrected chi connectivity index (χ1v) is 10.4. The molecule has 1 saturated heterocycles. The van der Waals surface area contributed by atoms with E-state index in [-0.39, 0.29) is 11.7 Å². The average Bonchev–Trinajstić information content (AvgIpc) is 3.25. The first-order chi connectivity index (χ1) is 11.6. The van der Waals surface area contributed by atoms with Crippen LogP contribution in [0.4, 0.5) is 0 Å². The molecule has 0 bridgehead atoms. The maximum Gasteiger partial charge on any atom is 0.223 e. The highest BCUT2D eigenvalue weighted by Crippen LogP contribution is 2.23. The molecule has 2 aromatic rings. The molecule has 2 aromatic heterocycles. The summed E-state index contributed by atoms with van der Waals surface area (Å²) in [4.78, 5) is 30.6. The molecule has 1 aliphatic heterocycles. The lowest BCUT2D eigenvalue weighted by atomic mass is 10.1. The van der Waals surface area contributed by atoms with Gasteiger partial charge in [0.2, 0.25) is 5.91 Å². The number of ketones is 1. The van der Waals surface area contributed by atoms with Crippen LogP contribution in [0.3, 0.4) is 0 Å². The van der Waals surface area contributed by atoms with Crippen molar-refractivity contribution < 1.29 is 9.59 Å². The maximum atomic E-state index is 12.3. The number of carbonyl (C=O) groups is 2. The molecule has 4 nitrogen and oxygen atoms in total. The van der Waals surface area contributed by atoms with Crippen molar-refractivity contribution in [3.8, 4) is 0 Å². The van der Waals surface area contributed by atoms with Gasteiger partial charge in [0.15, 0.2) is 5.78 Å². The topological polar surface area (TPSA) is 40.6 Å². The monoisotopic (exact) mass is 426 g/mol. The van der Waals surface area contributed by atoms with Crippen molar-refractivity contribution in [3.63, 3.8) is 0 Å². The second-order valence-electron chi connectivity index (χ2n) is 5.76. The third-order valence-electron chi connectivity index (χ3n) is 4.10. The zero-order valence-corrected chi connectivity index (χ0v) is 16.5. The van der Waals surface area contributed by atoms with Gasteiger partial charge in [-0.25, -0.2) is 0 Å². The van der Waals surface area contributed by atoms with Gasteiger partial charge < -0.3 is 4.90 Å². The highest BCUT2D eigenvalue weighted by Gasteiger charge is 2.22. The molecule has 0 spiro atoms. The summed E-state index contributed by atoms with van der Waals surface area (Å²) in [6.07, 6.45) is 0.622. The third kappa shape index (κ3) is 4.75. The summed E-state index contributed by atoms with van der Waals surface area (Å²) in [5.41, 5.74) is 0. The molecular weight excluding hydrogens is 408 g/mol. The lowest BCUT2D eigenvalue weighted by Crippen LogP contribution is -2.48. The van der Waals surface area contributed by atoms with Crippen molar-refractivity contribution in [2.75, 3.05) is 26.2 Å². The smallest absolute Gasteiger partial charge is 0.223 e. The van der Waals surface area contributed by atoms with Crippen molar-refractivity contribution in [3.05, 3.63) is 43.2 Å².